The largest absolute Gasteiger partial charge is 0.287 e. The second kappa shape index (κ2) is 5.00. The monoisotopic (exact) mass is 251 g/mol. The Morgan fingerprint density at radius 3 is 2.21 bits per heavy atom. The second-order valence-corrected chi connectivity index (χ2v) is 5.86. The van der Waals surface area contributed by atoms with E-state index >= 15 is 0 Å². The summed E-state index contributed by atoms with van der Waals surface area (Å²) < 4.78 is 0. The van der Waals surface area contributed by atoms with E-state index in [2.05, 4.69) is 62.7 Å². The lowest BCUT2D eigenvalue weighted by molar-refractivity contribution is 0.590. The van der Waals surface area contributed by atoms with Gasteiger partial charge in [0.1, 0.15) is 0 Å². The van der Waals surface area contributed by atoms with Gasteiger partial charge in [-0.25, -0.2) is 0 Å². The Bertz CT molecular complexity index is 575. The van der Waals surface area contributed by atoms with Gasteiger partial charge in [0.25, 0.3) is 0 Å². The Balaban J connectivity index is 2.40. The summed E-state index contributed by atoms with van der Waals surface area (Å²) in [6.07, 6.45) is 6.13. The number of nitrogens with zero attached hydrogens (tertiary/aromatic N) is 1. The Hall–Kier alpha value is -1.89. The van der Waals surface area contributed by atoms with Crippen molar-refractivity contribution in [1.82, 2.24) is 0 Å². The number of aliphatic imine (C=N–C) groups is 1. The highest BCUT2D eigenvalue weighted by atomic mass is 14.7. The van der Waals surface area contributed by atoms with Gasteiger partial charge in [0.15, 0.2) is 0 Å². The van der Waals surface area contributed by atoms with Gasteiger partial charge in [-0.15, -0.1) is 0 Å². The molecule has 1 heteroatoms. The summed E-state index contributed by atoms with van der Waals surface area (Å²) in [5.74, 6) is 0. The summed E-state index contributed by atoms with van der Waals surface area (Å²) in [5.41, 5.74) is 5.82. The van der Waals surface area contributed by atoms with Crippen LogP contribution in [0.3, 0.4) is 0 Å². The molecule has 0 atom stereocenters. The van der Waals surface area contributed by atoms with Gasteiger partial charge in [-0.1, -0.05) is 69.8 Å². The van der Waals surface area contributed by atoms with Gasteiger partial charge in [-0.2, -0.15) is 0 Å². The van der Waals surface area contributed by atoms with Crippen molar-refractivity contribution in [3.8, 4) is 0 Å². The van der Waals surface area contributed by atoms with Gasteiger partial charge in [0.2, 0.25) is 0 Å². The molecule has 0 aliphatic heterocycles. The van der Waals surface area contributed by atoms with Crippen LogP contribution in [0.2, 0.25) is 0 Å². The molecule has 0 amide bonds. The van der Waals surface area contributed by atoms with E-state index in [0.29, 0.717) is 0 Å². The maximum Gasteiger partial charge on any atom is 0.0715 e. The molecule has 1 aliphatic carbocycles. The molecule has 1 aromatic carbocycles. The second-order valence-electron chi connectivity index (χ2n) is 5.86. The SMILES string of the molecule is C=C1C=CC=C(c2ccc(C(C)(C)C)cc2)/C1=N/C. The molecular formula is C18H21N. The molecular weight excluding hydrogens is 230 g/mol. The highest BCUT2D eigenvalue weighted by Crippen LogP contribution is 2.27. The Kier molecular flexibility index (Phi) is 3.57. The zero-order valence-corrected chi connectivity index (χ0v) is 12.2. The van der Waals surface area contributed by atoms with Crippen molar-refractivity contribution >= 4 is 11.3 Å². The molecule has 0 spiro atoms. The van der Waals surface area contributed by atoms with Crippen LogP contribution in [0.15, 0.2) is 59.6 Å². The van der Waals surface area contributed by atoms with Crippen molar-refractivity contribution in [2.75, 3.05) is 7.05 Å². The Morgan fingerprint density at radius 2 is 1.68 bits per heavy atom. The first-order chi connectivity index (χ1) is 8.93. The van der Waals surface area contributed by atoms with Crippen molar-refractivity contribution in [3.05, 3.63) is 65.8 Å². The van der Waals surface area contributed by atoms with Crippen molar-refractivity contribution in [2.45, 2.75) is 26.2 Å². The standard InChI is InChI=1S/C18H21N/c1-13-7-6-8-16(17(13)19-5)14-9-11-15(12-10-14)18(2,3)4/h6-12H,1H2,2-5H3/b19-17+. The molecule has 0 fully saturated rings. The van der Waals surface area contributed by atoms with Gasteiger partial charge in [0, 0.05) is 12.6 Å². The first-order valence-corrected chi connectivity index (χ1v) is 6.59. The smallest absolute Gasteiger partial charge is 0.0715 e. The molecule has 0 aromatic heterocycles. The number of benzene rings is 1. The molecule has 0 bridgehead atoms. The highest BCUT2D eigenvalue weighted by molar-refractivity contribution is 6.33. The minimum atomic E-state index is 0.185. The van der Waals surface area contributed by atoms with Crippen LogP contribution in [0.1, 0.15) is 31.9 Å². The van der Waals surface area contributed by atoms with E-state index in [1.54, 1.807) is 0 Å². The van der Waals surface area contributed by atoms with Gasteiger partial charge in [-0.3, -0.25) is 4.99 Å². The fourth-order valence-electron chi connectivity index (χ4n) is 2.24. The van der Waals surface area contributed by atoms with Gasteiger partial charge < -0.3 is 0 Å². The van der Waals surface area contributed by atoms with Crippen molar-refractivity contribution < 1.29 is 0 Å². The fraction of sp³-hybridized carbons (Fsp3) is 0.278. The summed E-state index contributed by atoms with van der Waals surface area (Å²) in [4.78, 5) is 4.36. The normalized spacial score (nSPS) is 17.8. The Morgan fingerprint density at radius 1 is 1.05 bits per heavy atom. The molecule has 1 nitrogen and oxygen atoms in total. The van der Waals surface area contributed by atoms with Gasteiger partial charge >= 0.3 is 0 Å². The van der Waals surface area contributed by atoms with Crippen LogP contribution >= 0.6 is 0 Å². The molecule has 19 heavy (non-hydrogen) atoms. The quantitative estimate of drug-likeness (QED) is 0.693. The zero-order valence-electron chi connectivity index (χ0n) is 12.2. The predicted octanol–water partition coefficient (Wildman–Crippen LogP) is 4.56. The molecule has 0 heterocycles. The molecule has 0 saturated heterocycles. The van der Waals surface area contributed by atoms with Crippen LogP contribution in [-0.2, 0) is 5.41 Å². The third kappa shape index (κ3) is 2.76. The van der Waals surface area contributed by atoms with E-state index in [1.807, 2.05) is 19.2 Å². The predicted molar refractivity (Wildman–Crippen MR) is 84.8 cm³/mol. The third-order valence-corrected chi connectivity index (χ3v) is 3.41. The van der Waals surface area contributed by atoms with Crippen molar-refractivity contribution in [3.63, 3.8) is 0 Å². The summed E-state index contributed by atoms with van der Waals surface area (Å²) in [7, 11) is 1.82. The van der Waals surface area contributed by atoms with Crippen LogP contribution in [0.5, 0.6) is 0 Å². The van der Waals surface area contributed by atoms with E-state index in [0.717, 1.165) is 16.9 Å². The Labute approximate surface area is 116 Å². The lowest BCUT2D eigenvalue weighted by atomic mass is 9.85. The summed E-state index contributed by atoms with van der Waals surface area (Å²) in [6.45, 7) is 10.7. The van der Waals surface area contributed by atoms with E-state index in [9.17, 15) is 0 Å². The number of allylic oxidation sites excluding steroid dienone is 5. The molecule has 98 valence electrons. The first-order valence-electron chi connectivity index (χ1n) is 6.59. The van der Waals surface area contributed by atoms with Crippen molar-refractivity contribution in [1.29, 1.82) is 0 Å². The summed E-state index contributed by atoms with van der Waals surface area (Å²) in [5, 5.41) is 0. The molecule has 0 saturated carbocycles. The van der Waals surface area contributed by atoms with Gasteiger partial charge in [-0.05, 0) is 22.1 Å². The topological polar surface area (TPSA) is 12.4 Å². The number of hydrogen-bond acceptors (Lipinski definition) is 1. The van der Waals surface area contributed by atoms with Crippen molar-refractivity contribution in [2.24, 2.45) is 4.99 Å². The third-order valence-electron chi connectivity index (χ3n) is 3.41. The van der Waals surface area contributed by atoms with Crippen LogP contribution < -0.4 is 0 Å². The highest BCUT2D eigenvalue weighted by Gasteiger charge is 2.16. The fourth-order valence-corrected chi connectivity index (χ4v) is 2.24. The van der Waals surface area contributed by atoms with Crippen LogP contribution in [-0.4, -0.2) is 12.8 Å². The summed E-state index contributed by atoms with van der Waals surface area (Å²) in [6, 6.07) is 8.74. The maximum absolute atomic E-state index is 4.36. The van der Waals surface area contributed by atoms with Gasteiger partial charge in [0.05, 0.1) is 5.71 Å². The molecule has 1 aromatic rings. The first kappa shape index (κ1) is 13.5. The molecule has 0 N–H and O–H groups in total. The van der Waals surface area contributed by atoms with Crippen LogP contribution in [0, 0.1) is 0 Å². The van der Waals surface area contributed by atoms with Crippen LogP contribution in [0.25, 0.3) is 5.57 Å². The van der Waals surface area contributed by atoms with E-state index in [1.165, 1.54) is 11.1 Å². The lowest BCUT2D eigenvalue weighted by Crippen LogP contribution is -2.11. The molecule has 0 unspecified atom stereocenters. The molecule has 2 rings (SSSR count). The average Bonchev–Trinajstić information content (AvgIpc) is 2.37. The number of hydrogen-bond donors (Lipinski definition) is 0. The minimum Gasteiger partial charge on any atom is -0.287 e. The van der Waals surface area contributed by atoms with E-state index in [-0.39, 0.29) is 5.41 Å². The average molecular weight is 251 g/mol. The number of rotatable bonds is 1. The zero-order chi connectivity index (χ0) is 14.0. The molecule has 1 aliphatic rings. The lowest BCUT2D eigenvalue weighted by Gasteiger charge is -2.20. The molecule has 0 radical (unpaired) electrons. The van der Waals surface area contributed by atoms with E-state index < -0.39 is 0 Å². The van der Waals surface area contributed by atoms with E-state index in [4.69, 9.17) is 0 Å². The van der Waals surface area contributed by atoms with Crippen LogP contribution in [0.4, 0.5) is 0 Å². The summed E-state index contributed by atoms with van der Waals surface area (Å²) >= 11 is 0. The minimum absolute atomic E-state index is 0.185. The maximum atomic E-state index is 4.36.